The summed E-state index contributed by atoms with van der Waals surface area (Å²) in [6.45, 7) is 20.2. The van der Waals surface area contributed by atoms with Gasteiger partial charge in [0.05, 0.1) is 7.11 Å². The molecule has 0 aliphatic carbocycles. The van der Waals surface area contributed by atoms with Crippen LogP contribution in [0.4, 0.5) is 0 Å². The van der Waals surface area contributed by atoms with Crippen LogP contribution in [0, 0.1) is 0 Å². The molecule has 1 aromatic carbocycles. The summed E-state index contributed by atoms with van der Waals surface area (Å²) < 4.78 is 10.7. The Morgan fingerprint density at radius 1 is 0.756 bits per heavy atom. The van der Waals surface area contributed by atoms with Gasteiger partial charge in [-0.25, -0.2) is 0 Å². The summed E-state index contributed by atoms with van der Waals surface area (Å²) in [5.74, 6) is 0.655. The Morgan fingerprint density at radius 2 is 1.29 bits per heavy atom. The smallest absolute Gasteiger partial charge is 0.306 e. The highest BCUT2D eigenvalue weighted by Crippen LogP contribution is 2.12. The zero-order valence-corrected chi connectivity index (χ0v) is 25.8. The van der Waals surface area contributed by atoms with Gasteiger partial charge in [0.25, 0.3) is 0 Å². The Kier molecular flexibility index (Phi) is 21.3. The van der Waals surface area contributed by atoms with E-state index in [0.29, 0.717) is 13.0 Å². The first kappa shape index (κ1) is 35.4. The van der Waals surface area contributed by atoms with Crippen molar-refractivity contribution >= 4 is 5.97 Å². The third-order valence-electron chi connectivity index (χ3n) is 7.12. The van der Waals surface area contributed by atoms with Crippen molar-refractivity contribution in [1.82, 2.24) is 41.7 Å². The first-order valence-corrected chi connectivity index (χ1v) is 15.7. The minimum atomic E-state index is -0.143. The molecule has 0 unspecified atom stereocenters. The van der Waals surface area contributed by atoms with Gasteiger partial charge < -0.3 is 46.3 Å². The molecule has 11 heteroatoms. The van der Waals surface area contributed by atoms with Crippen LogP contribution in [0.2, 0.25) is 0 Å². The number of ether oxygens (including phenoxy) is 2. The number of carbonyl (C=O) groups excluding carboxylic acids is 1. The molecule has 0 radical (unpaired) electrons. The number of carbonyl (C=O) groups is 1. The first-order chi connectivity index (χ1) is 20.2. The number of hydrogen-bond acceptors (Lipinski definition) is 11. The molecule has 11 nitrogen and oxygen atoms in total. The predicted octanol–water partition coefficient (Wildman–Crippen LogP) is -0.306. The molecule has 2 rings (SSSR count). The predicted molar refractivity (Wildman–Crippen MR) is 168 cm³/mol. The van der Waals surface area contributed by atoms with Crippen molar-refractivity contribution in [2.24, 2.45) is 0 Å². The van der Waals surface area contributed by atoms with Gasteiger partial charge >= 0.3 is 5.97 Å². The third-order valence-corrected chi connectivity index (χ3v) is 7.12. The summed E-state index contributed by atoms with van der Waals surface area (Å²) in [6, 6.07) is 7.62. The van der Waals surface area contributed by atoms with Crippen LogP contribution in [-0.4, -0.2) is 141 Å². The van der Waals surface area contributed by atoms with Crippen LogP contribution < -0.4 is 36.6 Å². The molecule has 1 fully saturated rings. The summed E-state index contributed by atoms with van der Waals surface area (Å²) in [6.07, 6.45) is 1.23. The molecule has 0 amide bonds. The Balaban J connectivity index is 1.71. The van der Waals surface area contributed by atoms with E-state index in [4.69, 9.17) is 9.47 Å². The lowest BCUT2D eigenvalue weighted by Crippen LogP contribution is -2.44. The maximum Gasteiger partial charge on any atom is 0.306 e. The van der Waals surface area contributed by atoms with E-state index in [-0.39, 0.29) is 5.97 Å². The molecule has 41 heavy (non-hydrogen) atoms. The number of likely N-dealkylation sites (N-methyl/N-ethyl adjacent to an activating group) is 1. The molecule has 0 saturated carbocycles. The van der Waals surface area contributed by atoms with Crippen molar-refractivity contribution in [3.63, 3.8) is 0 Å². The van der Waals surface area contributed by atoms with Crippen molar-refractivity contribution < 1.29 is 14.3 Å². The highest BCUT2D eigenvalue weighted by molar-refractivity contribution is 5.69. The van der Waals surface area contributed by atoms with E-state index in [0.717, 1.165) is 136 Å². The van der Waals surface area contributed by atoms with Gasteiger partial charge in [0.15, 0.2) is 0 Å². The number of rotatable bonds is 14. The maximum atomic E-state index is 12.3. The van der Waals surface area contributed by atoms with Crippen LogP contribution >= 0.6 is 0 Å². The summed E-state index contributed by atoms with van der Waals surface area (Å²) >= 11 is 0. The first-order valence-electron chi connectivity index (χ1n) is 15.7. The number of nitrogens with zero attached hydrogens (tertiary/aromatic N) is 2. The zero-order valence-electron chi connectivity index (χ0n) is 25.8. The van der Waals surface area contributed by atoms with Gasteiger partial charge in [0, 0.05) is 111 Å². The van der Waals surface area contributed by atoms with Gasteiger partial charge in [-0.3, -0.25) is 9.69 Å². The van der Waals surface area contributed by atoms with Crippen molar-refractivity contribution in [2.45, 2.75) is 26.4 Å². The van der Waals surface area contributed by atoms with Gasteiger partial charge in [-0.15, -0.1) is 0 Å². The molecule has 0 atom stereocenters. The molecule has 0 aromatic heterocycles. The third kappa shape index (κ3) is 19.1. The second-order valence-electron chi connectivity index (χ2n) is 10.4. The van der Waals surface area contributed by atoms with Gasteiger partial charge in [-0.2, -0.15) is 0 Å². The molecule has 1 saturated heterocycles. The number of benzene rings is 1. The van der Waals surface area contributed by atoms with E-state index in [1.807, 2.05) is 24.3 Å². The van der Waals surface area contributed by atoms with E-state index < -0.39 is 0 Å². The molecule has 236 valence electrons. The fourth-order valence-corrected chi connectivity index (χ4v) is 4.59. The van der Waals surface area contributed by atoms with Gasteiger partial charge in [-0.1, -0.05) is 19.1 Å². The fourth-order valence-electron chi connectivity index (χ4n) is 4.59. The van der Waals surface area contributed by atoms with Crippen LogP contribution in [-0.2, 0) is 16.1 Å². The summed E-state index contributed by atoms with van der Waals surface area (Å²) in [4.78, 5) is 17.3. The Bertz CT molecular complexity index is 756. The van der Waals surface area contributed by atoms with E-state index >= 15 is 0 Å². The molecular weight excluding hydrogens is 520 g/mol. The number of nitrogens with one attached hydrogen (secondary N) is 6. The summed E-state index contributed by atoms with van der Waals surface area (Å²) in [5.41, 5.74) is 0.966. The van der Waals surface area contributed by atoms with Crippen LogP contribution in [0.25, 0.3) is 0 Å². The number of methoxy groups -OCH3 is 1. The molecule has 1 aromatic rings. The quantitative estimate of drug-likeness (QED) is 0.129. The lowest BCUT2D eigenvalue weighted by Gasteiger charge is -2.25. The highest BCUT2D eigenvalue weighted by Gasteiger charge is 2.10. The molecule has 1 aliphatic heterocycles. The minimum Gasteiger partial charge on any atom is -0.497 e. The Morgan fingerprint density at radius 3 is 1.88 bits per heavy atom. The van der Waals surface area contributed by atoms with Crippen molar-refractivity contribution in [3.05, 3.63) is 29.8 Å². The van der Waals surface area contributed by atoms with Gasteiger partial charge in [0.2, 0.25) is 0 Å². The highest BCUT2D eigenvalue weighted by atomic mass is 16.5. The average Bonchev–Trinajstić information content (AvgIpc) is 2.99. The average molecular weight is 579 g/mol. The molecular formula is C30H58N8O3. The van der Waals surface area contributed by atoms with Crippen LogP contribution in [0.1, 0.15) is 25.3 Å². The largest absolute Gasteiger partial charge is 0.497 e. The van der Waals surface area contributed by atoms with Crippen molar-refractivity contribution in [3.8, 4) is 5.75 Å². The number of esters is 1. The maximum absolute atomic E-state index is 12.3. The second-order valence-corrected chi connectivity index (χ2v) is 10.4. The lowest BCUT2D eigenvalue weighted by atomic mass is 10.2. The number of hydrogen-bond donors (Lipinski definition) is 6. The summed E-state index contributed by atoms with van der Waals surface area (Å²) in [7, 11) is 1.64. The Hall–Kier alpha value is -1.83. The lowest BCUT2D eigenvalue weighted by molar-refractivity contribution is -0.145. The SMILES string of the molecule is CCNCCNCCN1CCNCCNCCNCCN(CCCC(=O)OCc2ccc(OC)cc2)CCNCC1. The minimum absolute atomic E-state index is 0.143. The van der Waals surface area contributed by atoms with E-state index in [1.165, 1.54) is 0 Å². The molecule has 6 N–H and O–H groups in total. The molecule has 1 aliphatic rings. The van der Waals surface area contributed by atoms with Crippen molar-refractivity contribution in [1.29, 1.82) is 0 Å². The fraction of sp³-hybridized carbons (Fsp3) is 0.767. The van der Waals surface area contributed by atoms with Gasteiger partial charge in [-0.05, 0) is 37.2 Å². The van der Waals surface area contributed by atoms with Crippen LogP contribution in [0.15, 0.2) is 24.3 Å². The van der Waals surface area contributed by atoms with Crippen LogP contribution in [0.3, 0.4) is 0 Å². The molecule has 1 heterocycles. The molecule has 0 spiro atoms. The Labute approximate surface area is 248 Å². The standard InChI is InChI=1S/C30H58N8O3/c1-3-31-10-11-33-17-24-38-25-18-35-15-13-32-12-14-34-16-22-37(23-19-36-20-26-38)21-4-5-30(39)41-27-28-6-8-29(40-2)9-7-28/h6-9,31-36H,3-5,10-27H2,1-2H3. The molecule has 0 bridgehead atoms. The monoisotopic (exact) mass is 578 g/mol. The topological polar surface area (TPSA) is 114 Å². The van der Waals surface area contributed by atoms with Crippen LogP contribution in [0.5, 0.6) is 5.75 Å². The van der Waals surface area contributed by atoms with Crippen molar-refractivity contribution in [2.75, 3.05) is 125 Å². The van der Waals surface area contributed by atoms with E-state index in [1.54, 1.807) is 7.11 Å². The summed E-state index contributed by atoms with van der Waals surface area (Å²) in [5, 5.41) is 21.2. The van der Waals surface area contributed by atoms with Gasteiger partial charge in [0.1, 0.15) is 12.4 Å². The van der Waals surface area contributed by atoms with E-state index in [9.17, 15) is 4.79 Å². The van der Waals surface area contributed by atoms with E-state index in [2.05, 4.69) is 48.6 Å². The normalized spacial score (nSPS) is 17.9. The second kappa shape index (κ2) is 24.7. The zero-order chi connectivity index (χ0) is 29.2.